The van der Waals surface area contributed by atoms with Crippen molar-refractivity contribution in [2.45, 2.75) is 19.9 Å². The van der Waals surface area contributed by atoms with Crippen LogP contribution in [-0.2, 0) is 14.3 Å². The van der Waals surface area contributed by atoms with Crippen LogP contribution in [0.1, 0.15) is 24.2 Å². The van der Waals surface area contributed by atoms with E-state index in [1.807, 2.05) is 0 Å². The monoisotopic (exact) mass is 374 g/mol. The van der Waals surface area contributed by atoms with Crippen molar-refractivity contribution in [1.29, 1.82) is 0 Å². The summed E-state index contributed by atoms with van der Waals surface area (Å²) in [6.07, 6.45) is 0. The maximum atomic E-state index is 13.4. The number of benzene rings is 1. The van der Waals surface area contributed by atoms with Gasteiger partial charge in [-0.1, -0.05) is 15.9 Å². The van der Waals surface area contributed by atoms with Crippen LogP contribution in [-0.4, -0.2) is 37.0 Å². The molecule has 2 amide bonds. The number of amides is 2. The highest BCUT2D eigenvalue weighted by atomic mass is 79.9. The summed E-state index contributed by atoms with van der Waals surface area (Å²) in [6.45, 7) is 2.75. The zero-order chi connectivity index (χ0) is 16.7. The van der Waals surface area contributed by atoms with Gasteiger partial charge in [0.05, 0.1) is 12.1 Å². The van der Waals surface area contributed by atoms with Gasteiger partial charge in [-0.25, -0.2) is 9.18 Å². The number of nitrogens with one attached hydrogen (secondary N) is 2. The largest absolute Gasteiger partial charge is 0.452 e. The Labute approximate surface area is 135 Å². The van der Waals surface area contributed by atoms with Crippen LogP contribution in [0.4, 0.5) is 4.39 Å². The van der Waals surface area contributed by atoms with Crippen molar-refractivity contribution in [2.24, 2.45) is 0 Å². The molecule has 0 aromatic heterocycles. The first-order valence-electron chi connectivity index (χ1n) is 6.48. The first kappa shape index (κ1) is 18.1. The number of esters is 1. The first-order chi connectivity index (χ1) is 10.3. The molecule has 0 aliphatic carbocycles. The SMILES string of the molecule is CC(C)NC(=O)CNC(=O)COC(=O)c1cc(Br)ccc1F. The van der Waals surface area contributed by atoms with E-state index in [1.54, 1.807) is 13.8 Å². The zero-order valence-electron chi connectivity index (χ0n) is 12.1. The van der Waals surface area contributed by atoms with Gasteiger partial charge < -0.3 is 15.4 Å². The average Bonchev–Trinajstić information content (AvgIpc) is 2.44. The second-order valence-corrected chi connectivity index (χ2v) is 5.61. The summed E-state index contributed by atoms with van der Waals surface area (Å²) in [5.41, 5.74) is -0.278. The maximum Gasteiger partial charge on any atom is 0.341 e. The van der Waals surface area contributed by atoms with Crippen molar-refractivity contribution in [2.75, 3.05) is 13.2 Å². The zero-order valence-corrected chi connectivity index (χ0v) is 13.7. The van der Waals surface area contributed by atoms with Crippen LogP contribution < -0.4 is 10.6 Å². The van der Waals surface area contributed by atoms with Gasteiger partial charge in [-0.2, -0.15) is 0 Å². The average molecular weight is 375 g/mol. The molecule has 0 atom stereocenters. The lowest BCUT2D eigenvalue weighted by molar-refractivity contribution is -0.128. The molecule has 2 N–H and O–H groups in total. The van der Waals surface area contributed by atoms with Gasteiger partial charge in [-0.3, -0.25) is 9.59 Å². The highest BCUT2D eigenvalue weighted by Crippen LogP contribution is 2.16. The van der Waals surface area contributed by atoms with Crippen molar-refractivity contribution in [1.82, 2.24) is 10.6 Å². The molecule has 1 rings (SSSR count). The topological polar surface area (TPSA) is 84.5 Å². The van der Waals surface area contributed by atoms with Crippen LogP contribution in [0.25, 0.3) is 0 Å². The van der Waals surface area contributed by atoms with E-state index in [9.17, 15) is 18.8 Å². The summed E-state index contributed by atoms with van der Waals surface area (Å²) in [5, 5.41) is 4.88. The Bertz CT molecular complexity index is 578. The molecule has 0 fully saturated rings. The molecule has 1 aromatic rings. The summed E-state index contributed by atoms with van der Waals surface area (Å²) in [7, 11) is 0. The van der Waals surface area contributed by atoms with Crippen LogP contribution in [0.2, 0.25) is 0 Å². The van der Waals surface area contributed by atoms with Crippen molar-refractivity contribution in [3.05, 3.63) is 34.1 Å². The van der Waals surface area contributed by atoms with Gasteiger partial charge in [0.1, 0.15) is 5.82 Å². The number of rotatable bonds is 6. The molecular weight excluding hydrogens is 359 g/mol. The number of ether oxygens (including phenoxy) is 1. The quantitative estimate of drug-likeness (QED) is 0.736. The fourth-order valence-corrected chi connectivity index (χ4v) is 1.83. The van der Waals surface area contributed by atoms with Gasteiger partial charge >= 0.3 is 5.97 Å². The fraction of sp³-hybridized carbons (Fsp3) is 0.357. The van der Waals surface area contributed by atoms with Gasteiger partial charge in [0.25, 0.3) is 5.91 Å². The molecule has 0 spiro atoms. The lowest BCUT2D eigenvalue weighted by Gasteiger charge is -2.09. The fourth-order valence-electron chi connectivity index (χ4n) is 1.47. The van der Waals surface area contributed by atoms with E-state index in [1.165, 1.54) is 12.1 Å². The van der Waals surface area contributed by atoms with Gasteiger partial charge in [0, 0.05) is 10.5 Å². The lowest BCUT2D eigenvalue weighted by Crippen LogP contribution is -2.41. The summed E-state index contributed by atoms with van der Waals surface area (Å²) in [6, 6.07) is 3.76. The number of halogens is 2. The van der Waals surface area contributed by atoms with E-state index >= 15 is 0 Å². The molecule has 6 nitrogen and oxygen atoms in total. The molecule has 0 saturated heterocycles. The van der Waals surface area contributed by atoms with Crippen LogP contribution in [0.5, 0.6) is 0 Å². The Morgan fingerprint density at radius 3 is 2.59 bits per heavy atom. The third-order valence-corrected chi connectivity index (χ3v) is 2.87. The smallest absolute Gasteiger partial charge is 0.341 e. The molecule has 1 aromatic carbocycles. The number of hydrogen-bond acceptors (Lipinski definition) is 4. The third kappa shape index (κ3) is 6.21. The molecule has 0 unspecified atom stereocenters. The Balaban J connectivity index is 2.42. The maximum absolute atomic E-state index is 13.4. The molecule has 0 aliphatic heterocycles. The molecule has 0 saturated carbocycles. The van der Waals surface area contributed by atoms with E-state index < -0.39 is 24.3 Å². The van der Waals surface area contributed by atoms with Gasteiger partial charge in [-0.05, 0) is 32.0 Å². The van der Waals surface area contributed by atoms with Crippen LogP contribution in [0, 0.1) is 5.82 Å². The van der Waals surface area contributed by atoms with Crippen molar-refractivity contribution in [3.63, 3.8) is 0 Å². The minimum Gasteiger partial charge on any atom is -0.452 e. The van der Waals surface area contributed by atoms with Crippen molar-refractivity contribution in [3.8, 4) is 0 Å². The van der Waals surface area contributed by atoms with E-state index in [4.69, 9.17) is 4.74 Å². The lowest BCUT2D eigenvalue weighted by atomic mass is 10.2. The molecule has 0 radical (unpaired) electrons. The molecule has 0 heterocycles. The number of carbonyl (C=O) groups excluding carboxylic acids is 3. The molecule has 0 aliphatic rings. The van der Waals surface area contributed by atoms with Crippen molar-refractivity contribution < 1.29 is 23.5 Å². The van der Waals surface area contributed by atoms with E-state index in [0.29, 0.717) is 4.47 Å². The van der Waals surface area contributed by atoms with Gasteiger partial charge in [0.2, 0.25) is 5.91 Å². The Morgan fingerprint density at radius 1 is 1.27 bits per heavy atom. The van der Waals surface area contributed by atoms with E-state index in [-0.39, 0.29) is 24.1 Å². The summed E-state index contributed by atoms with van der Waals surface area (Å²) in [4.78, 5) is 34.4. The minimum absolute atomic E-state index is 0.0401. The minimum atomic E-state index is -0.958. The Kier molecular flexibility index (Phi) is 6.97. The van der Waals surface area contributed by atoms with Crippen molar-refractivity contribution >= 4 is 33.7 Å². The molecule has 22 heavy (non-hydrogen) atoms. The van der Waals surface area contributed by atoms with Crippen LogP contribution in [0.15, 0.2) is 22.7 Å². The molecule has 0 bridgehead atoms. The standard InChI is InChI=1S/C14H16BrFN2O4/c1-8(2)18-12(19)6-17-13(20)7-22-14(21)10-5-9(15)3-4-11(10)16/h3-5,8H,6-7H2,1-2H3,(H,17,20)(H,18,19). The second-order valence-electron chi connectivity index (χ2n) is 4.70. The molecule has 120 valence electrons. The van der Waals surface area contributed by atoms with Gasteiger partial charge in [0.15, 0.2) is 6.61 Å². The summed E-state index contributed by atoms with van der Waals surface area (Å²) < 4.78 is 18.7. The first-order valence-corrected chi connectivity index (χ1v) is 7.27. The van der Waals surface area contributed by atoms with E-state index in [2.05, 4.69) is 26.6 Å². The highest BCUT2D eigenvalue weighted by molar-refractivity contribution is 9.10. The van der Waals surface area contributed by atoms with E-state index in [0.717, 1.165) is 6.07 Å². The number of carbonyl (C=O) groups is 3. The predicted octanol–water partition coefficient (Wildman–Crippen LogP) is 1.39. The Hall–Kier alpha value is -1.96. The normalized spacial score (nSPS) is 10.2. The predicted molar refractivity (Wildman–Crippen MR) is 80.7 cm³/mol. The summed E-state index contributed by atoms with van der Waals surface area (Å²) in [5.74, 6) is -2.71. The highest BCUT2D eigenvalue weighted by Gasteiger charge is 2.15. The second kappa shape index (κ2) is 8.47. The summed E-state index contributed by atoms with van der Waals surface area (Å²) >= 11 is 3.11. The molecular formula is C14H16BrFN2O4. The van der Waals surface area contributed by atoms with Crippen LogP contribution >= 0.6 is 15.9 Å². The Morgan fingerprint density at radius 2 is 1.95 bits per heavy atom. The number of hydrogen-bond donors (Lipinski definition) is 2. The molecule has 8 heteroatoms. The third-order valence-electron chi connectivity index (χ3n) is 2.38. The van der Waals surface area contributed by atoms with Crippen LogP contribution in [0.3, 0.4) is 0 Å². The van der Waals surface area contributed by atoms with Gasteiger partial charge in [-0.15, -0.1) is 0 Å².